The molecule has 4 rings (SSSR count). The Labute approximate surface area is 117 Å². The van der Waals surface area contributed by atoms with E-state index < -0.39 is 0 Å². The predicted molar refractivity (Wildman–Crippen MR) is 79.5 cm³/mol. The molecule has 4 heteroatoms. The average Bonchev–Trinajstić information content (AvgIpc) is 2.96. The van der Waals surface area contributed by atoms with Gasteiger partial charge in [-0.25, -0.2) is 0 Å². The first-order valence-electron chi connectivity index (χ1n) is 8.35. The van der Waals surface area contributed by atoms with Crippen LogP contribution in [0.15, 0.2) is 0 Å². The molecule has 3 atom stereocenters. The van der Waals surface area contributed by atoms with E-state index in [1.807, 2.05) is 0 Å². The molecule has 4 nitrogen and oxygen atoms in total. The summed E-state index contributed by atoms with van der Waals surface area (Å²) in [5.74, 6) is 0. The summed E-state index contributed by atoms with van der Waals surface area (Å²) in [7, 11) is 0. The zero-order valence-electron chi connectivity index (χ0n) is 12.2. The van der Waals surface area contributed by atoms with Crippen molar-refractivity contribution in [3.63, 3.8) is 0 Å². The summed E-state index contributed by atoms with van der Waals surface area (Å²) in [4.78, 5) is 2.61. The van der Waals surface area contributed by atoms with E-state index in [4.69, 9.17) is 0 Å². The molecule has 4 aliphatic rings. The molecule has 19 heavy (non-hydrogen) atoms. The maximum Gasteiger partial charge on any atom is 0.0221 e. The van der Waals surface area contributed by atoms with Gasteiger partial charge in [0, 0.05) is 50.8 Å². The topological polar surface area (TPSA) is 39.3 Å². The molecule has 1 aliphatic carbocycles. The second kappa shape index (κ2) is 7.02. The standard InChI is InChI=1S/C8H16N2.C7H14N2/c1-2-4-8-7(3-1)9-5-6-10-8;1-2-7-6-8-3-5-9(7)4-1/h7-10H,1-6H2;7-8H,1-6H2. The molecular formula is C15H30N4. The minimum Gasteiger partial charge on any atom is -0.314 e. The van der Waals surface area contributed by atoms with Crippen LogP contribution in [0.2, 0.25) is 0 Å². The molecule has 0 aromatic rings. The molecule has 3 unspecified atom stereocenters. The number of piperazine rings is 2. The fraction of sp³-hybridized carbons (Fsp3) is 1.00. The summed E-state index contributed by atoms with van der Waals surface area (Å²) in [6.07, 6.45) is 8.47. The summed E-state index contributed by atoms with van der Waals surface area (Å²) in [6.45, 7) is 7.41. The van der Waals surface area contributed by atoms with Crippen molar-refractivity contribution in [2.24, 2.45) is 0 Å². The van der Waals surface area contributed by atoms with Gasteiger partial charge in [-0.05, 0) is 32.2 Å². The number of hydrogen-bond donors (Lipinski definition) is 3. The second-order valence-corrected chi connectivity index (χ2v) is 6.44. The summed E-state index contributed by atoms with van der Waals surface area (Å²) < 4.78 is 0. The van der Waals surface area contributed by atoms with E-state index in [1.54, 1.807) is 0 Å². The van der Waals surface area contributed by atoms with Gasteiger partial charge in [0.05, 0.1) is 0 Å². The number of nitrogens with zero attached hydrogens (tertiary/aromatic N) is 1. The van der Waals surface area contributed by atoms with Gasteiger partial charge in [-0.3, -0.25) is 4.90 Å². The average molecular weight is 266 g/mol. The van der Waals surface area contributed by atoms with Crippen LogP contribution in [0.25, 0.3) is 0 Å². The Morgan fingerprint density at radius 2 is 1.47 bits per heavy atom. The van der Waals surface area contributed by atoms with E-state index in [-0.39, 0.29) is 0 Å². The molecule has 0 spiro atoms. The van der Waals surface area contributed by atoms with Crippen LogP contribution < -0.4 is 16.0 Å². The Bertz CT molecular complexity index is 233. The number of rotatable bonds is 0. The van der Waals surface area contributed by atoms with Gasteiger partial charge in [-0.2, -0.15) is 0 Å². The smallest absolute Gasteiger partial charge is 0.0221 e. The first-order chi connectivity index (χ1) is 9.43. The zero-order chi connectivity index (χ0) is 12.9. The number of hydrogen-bond acceptors (Lipinski definition) is 4. The van der Waals surface area contributed by atoms with Crippen LogP contribution in [0.4, 0.5) is 0 Å². The Morgan fingerprint density at radius 3 is 2.16 bits per heavy atom. The Kier molecular flexibility index (Phi) is 5.10. The van der Waals surface area contributed by atoms with E-state index in [2.05, 4.69) is 20.9 Å². The van der Waals surface area contributed by atoms with Gasteiger partial charge in [0.15, 0.2) is 0 Å². The van der Waals surface area contributed by atoms with Crippen molar-refractivity contribution in [1.82, 2.24) is 20.9 Å². The first-order valence-corrected chi connectivity index (χ1v) is 8.35. The van der Waals surface area contributed by atoms with Crippen LogP contribution in [-0.4, -0.2) is 62.3 Å². The van der Waals surface area contributed by atoms with E-state index in [0.717, 1.165) is 18.1 Å². The van der Waals surface area contributed by atoms with Gasteiger partial charge >= 0.3 is 0 Å². The highest BCUT2D eigenvalue weighted by Gasteiger charge is 2.26. The minimum atomic E-state index is 0.794. The van der Waals surface area contributed by atoms with E-state index in [0.29, 0.717) is 0 Å². The first kappa shape index (κ1) is 13.8. The lowest BCUT2D eigenvalue weighted by Gasteiger charge is -2.37. The van der Waals surface area contributed by atoms with Crippen LogP contribution in [0, 0.1) is 0 Å². The van der Waals surface area contributed by atoms with Crippen molar-refractivity contribution in [3.05, 3.63) is 0 Å². The zero-order valence-corrected chi connectivity index (χ0v) is 12.2. The number of nitrogens with one attached hydrogen (secondary N) is 3. The summed E-state index contributed by atoms with van der Waals surface area (Å²) in [5, 5.41) is 10.5. The van der Waals surface area contributed by atoms with Gasteiger partial charge < -0.3 is 16.0 Å². The molecule has 0 bridgehead atoms. The third kappa shape index (κ3) is 3.69. The molecule has 110 valence electrons. The third-order valence-electron chi connectivity index (χ3n) is 5.16. The van der Waals surface area contributed by atoms with Crippen molar-refractivity contribution in [1.29, 1.82) is 0 Å². The highest BCUT2D eigenvalue weighted by molar-refractivity contribution is 4.89. The van der Waals surface area contributed by atoms with Crippen molar-refractivity contribution in [2.75, 3.05) is 39.3 Å². The second-order valence-electron chi connectivity index (χ2n) is 6.44. The Balaban J connectivity index is 0.000000117. The fourth-order valence-corrected chi connectivity index (χ4v) is 4.05. The van der Waals surface area contributed by atoms with Crippen molar-refractivity contribution in [3.8, 4) is 0 Å². The van der Waals surface area contributed by atoms with Crippen LogP contribution >= 0.6 is 0 Å². The van der Waals surface area contributed by atoms with Gasteiger partial charge in [0.25, 0.3) is 0 Å². The summed E-state index contributed by atoms with van der Waals surface area (Å²) in [6, 6.07) is 2.48. The normalized spacial score (nSPS) is 38.8. The van der Waals surface area contributed by atoms with E-state index in [1.165, 1.54) is 77.8 Å². The molecular weight excluding hydrogens is 236 g/mol. The molecule has 0 aromatic heterocycles. The molecule has 0 radical (unpaired) electrons. The van der Waals surface area contributed by atoms with Gasteiger partial charge in [-0.15, -0.1) is 0 Å². The number of fused-ring (bicyclic) bond motifs is 2. The SMILES string of the molecule is C1CC2CNCCN2C1.C1CCC2NCCNC2C1. The van der Waals surface area contributed by atoms with Crippen LogP contribution in [-0.2, 0) is 0 Å². The van der Waals surface area contributed by atoms with Crippen molar-refractivity contribution in [2.45, 2.75) is 56.7 Å². The lowest BCUT2D eigenvalue weighted by Crippen LogP contribution is -2.56. The van der Waals surface area contributed by atoms with Crippen LogP contribution in [0.3, 0.4) is 0 Å². The van der Waals surface area contributed by atoms with Gasteiger partial charge in [-0.1, -0.05) is 12.8 Å². The van der Waals surface area contributed by atoms with Crippen molar-refractivity contribution < 1.29 is 0 Å². The monoisotopic (exact) mass is 266 g/mol. The lowest BCUT2D eigenvalue weighted by atomic mass is 9.89. The molecule has 3 saturated heterocycles. The van der Waals surface area contributed by atoms with Crippen LogP contribution in [0.5, 0.6) is 0 Å². The predicted octanol–water partition coefficient (Wildman–Crippen LogP) is 0.544. The van der Waals surface area contributed by atoms with Gasteiger partial charge in [0.2, 0.25) is 0 Å². The molecule has 4 fully saturated rings. The highest BCUT2D eigenvalue weighted by atomic mass is 15.2. The Hall–Kier alpha value is -0.160. The molecule has 1 saturated carbocycles. The molecule has 0 amide bonds. The van der Waals surface area contributed by atoms with Crippen LogP contribution in [0.1, 0.15) is 38.5 Å². The summed E-state index contributed by atoms with van der Waals surface area (Å²) in [5.41, 5.74) is 0. The minimum absolute atomic E-state index is 0.794. The fourth-order valence-electron chi connectivity index (χ4n) is 4.05. The molecule has 3 N–H and O–H groups in total. The Morgan fingerprint density at radius 1 is 0.737 bits per heavy atom. The highest BCUT2D eigenvalue weighted by Crippen LogP contribution is 2.19. The third-order valence-corrected chi connectivity index (χ3v) is 5.16. The molecule has 3 heterocycles. The van der Waals surface area contributed by atoms with E-state index >= 15 is 0 Å². The molecule has 3 aliphatic heterocycles. The summed E-state index contributed by atoms with van der Waals surface area (Å²) >= 11 is 0. The quantitative estimate of drug-likeness (QED) is 0.599. The van der Waals surface area contributed by atoms with E-state index in [9.17, 15) is 0 Å². The largest absolute Gasteiger partial charge is 0.314 e. The van der Waals surface area contributed by atoms with Gasteiger partial charge in [0.1, 0.15) is 0 Å². The molecule has 0 aromatic carbocycles. The maximum absolute atomic E-state index is 3.56. The van der Waals surface area contributed by atoms with Crippen molar-refractivity contribution >= 4 is 0 Å². The maximum atomic E-state index is 3.56. The lowest BCUT2D eigenvalue weighted by molar-refractivity contribution is 0.212.